The number of carboxylic acids is 1. The number of fused-ring (bicyclic) bond motifs is 1. The Morgan fingerprint density at radius 1 is 1.50 bits per heavy atom. The fourth-order valence-electron chi connectivity index (χ4n) is 2.11. The zero-order chi connectivity index (χ0) is 11.7. The maximum Gasteiger partial charge on any atom is 0.310 e. The Hall–Kier alpha value is -1.64. The van der Waals surface area contributed by atoms with E-state index in [1.165, 1.54) is 6.07 Å². The summed E-state index contributed by atoms with van der Waals surface area (Å²) in [5, 5.41) is 8.99. The van der Waals surface area contributed by atoms with Crippen LogP contribution >= 0.6 is 0 Å². The molecule has 0 bridgehead atoms. The molecule has 0 spiro atoms. The molecule has 1 aliphatic rings. The highest BCUT2D eigenvalue weighted by atomic mass is 19.1. The van der Waals surface area contributed by atoms with Crippen LogP contribution in [0.15, 0.2) is 24.3 Å². The maximum absolute atomic E-state index is 13.5. The van der Waals surface area contributed by atoms with Gasteiger partial charge >= 0.3 is 5.97 Å². The molecule has 0 aromatic heterocycles. The van der Waals surface area contributed by atoms with Crippen molar-refractivity contribution in [2.45, 2.75) is 19.8 Å². The predicted octanol–water partition coefficient (Wildman–Crippen LogP) is 2.88. The van der Waals surface area contributed by atoms with Gasteiger partial charge in [0, 0.05) is 0 Å². The van der Waals surface area contributed by atoms with Crippen molar-refractivity contribution in [3.05, 3.63) is 41.2 Å². The first-order valence-corrected chi connectivity index (χ1v) is 5.32. The zero-order valence-corrected chi connectivity index (χ0v) is 9.03. The standard InChI is InChI=1S/C13H13FO2/c1-8(13(15)16)9-4-2-6-11-10(9)5-3-7-12(11)14/h3-5,7-8H,2,6H2,1H3,(H,15,16). The Morgan fingerprint density at radius 2 is 2.25 bits per heavy atom. The van der Waals surface area contributed by atoms with E-state index in [0.29, 0.717) is 18.4 Å². The van der Waals surface area contributed by atoms with E-state index in [1.807, 2.05) is 6.08 Å². The second-order valence-electron chi connectivity index (χ2n) is 4.02. The van der Waals surface area contributed by atoms with E-state index in [2.05, 4.69) is 0 Å². The first-order valence-electron chi connectivity index (χ1n) is 5.32. The van der Waals surface area contributed by atoms with Crippen molar-refractivity contribution < 1.29 is 14.3 Å². The monoisotopic (exact) mass is 220 g/mol. The second kappa shape index (κ2) is 4.08. The van der Waals surface area contributed by atoms with Gasteiger partial charge in [0.15, 0.2) is 0 Å². The van der Waals surface area contributed by atoms with Crippen LogP contribution in [0.2, 0.25) is 0 Å². The molecule has 1 aromatic rings. The lowest BCUT2D eigenvalue weighted by atomic mass is 9.84. The van der Waals surface area contributed by atoms with Gasteiger partial charge in [0.05, 0.1) is 5.92 Å². The molecule has 16 heavy (non-hydrogen) atoms. The molecule has 2 nitrogen and oxygen atoms in total. The van der Waals surface area contributed by atoms with E-state index in [0.717, 1.165) is 11.1 Å². The van der Waals surface area contributed by atoms with Crippen molar-refractivity contribution in [2.75, 3.05) is 0 Å². The summed E-state index contributed by atoms with van der Waals surface area (Å²) in [5.41, 5.74) is 2.13. The number of rotatable bonds is 2. The number of allylic oxidation sites excluding steroid dienone is 1. The smallest absolute Gasteiger partial charge is 0.310 e. The van der Waals surface area contributed by atoms with Crippen LogP contribution < -0.4 is 0 Å². The van der Waals surface area contributed by atoms with Crippen molar-refractivity contribution in [3.8, 4) is 0 Å². The molecular weight excluding hydrogens is 207 g/mol. The first-order chi connectivity index (χ1) is 7.61. The molecule has 0 fully saturated rings. The molecule has 84 valence electrons. The number of hydrogen-bond donors (Lipinski definition) is 1. The normalized spacial score (nSPS) is 16.2. The zero-order valence-electron chi connectivity index (χ0n) is 9.03. The average molecular weight is 220 g/mol. The van der Waals surface area contributed by atoms with Gasteiger partial charge in [-0.05, 0) is 42.5 Å². The summed E-state index contributed by atoms with van der Waals surface area (Å²) < 4.78 is 13.5. The van der Waals surface area contributed by atoms with Gasteiger partial charge in [0.25, 0.3) is 0 Å². The Bertz CT molecular complexity index is 463. The summed E-state index contributed by atoms with van der Waals surface area (Å²) in [6.07, 6.45) is 3.26. The van der Waals surface area contributed by atoms with Crippen molar-refractivity contribution in [2.24, 2.45) is 5.92 Å². The number of halogens is 1. The summed E-state index contributed by atoms with van der Waals surface area (Å²) in [6, 6.07) is 4.85. The lowest BCUT2D eigenvalue weighted by Gasteiger charge is -2.20. The molecule has 0 aliphatic heterocycles. The van der Waals surface area contributed by atoms with Crippen LogP contribution in [0.1, 0.15) is 24.5 Å². The highest BCUT2D eigenvalue weighted by Gasteiger charge is 2.23. The van der Waals surface area contributed by atoms with Crippen LogP contribution in [-0.2, 0) is 11.2 Å². The molecule has 0 saturated heterocycles. The number of hydrogen-bond acceptors (Lipinski definition) is 1. The minimum Gasteiger partial charge on any atom is -0.481 e. The third-order valence-electron chi connectivity index (χ3n) is 3.03. The van der Waals surface area contributed by atoms with E-state index in [4.69, 9.17) is 5.11 Å². The molecule has 1 atom stereocenters. The summed E-state index contributed by atoms with van der Waals surface area (Å²) in [4.78, 5) is 11.0. The van der Waals surface area contributed by atoms with Gasteiger partial charge in [-0.2, -0.15) is 0 Å². The van der Waals surface area contributed by atoms with Crippen molar-refractivity contribution >= 4 is 11.5 Å². The lowest BCUT2D eigenvalue weighted by Crippen LogP contribution is -2.15. The topological polar surface area (TPSA) is 37.3 Å². The molecule has 1 aromatic carbocycles. The van der Waals surface area contributed by atoms with Gasteiger partial charge in [-0.1, -0.05) is 18.2 Å². The molecule has 1 N–H and O–H groups in total. The van der Waals surface area contributed by atoms with E-state index in [9.17, 15) is 9.18 Å². The molecule has 1 unspecified atom stereocenters. The number of carbonyl (C=O) groups is 1. The molecule has 0 heterocycles. The average Bonchev–Trinajstić information content (AvgIpc) is 2.28. The van der Waals surface area contributed by atoms with Crippen LogP contribution in [-0.4, -0.2) is 11.1 Å². The molecule has 0 saturated carbocycles. The van der Waals surface area contributed by atoms with Crippen molar-refractivity contribution in [3.63, 3.8) is 0 Å². The van der Waals surface area contributed by atoms with Gasteiger partial charge in [-0.25, -0.2) is 4.39 Å². The summed E-state index contributed by atoms with van der Waals surface area (Å²) in [7, 11) is 0. The van der Waals surface area contributed by atoms with E-state index in [-0.39, 0.29) is 5.82 Å². The number of aliphatic carboxylic acids is 1. The lowest BCUT2D eigenvalue weighted by molar-refractivity contribution is -0.139. The largest absolute Gasteiger partial charge is 0.481 e. The summed E-state index contributed by atoms with van der Waals surface area (Å²) >= 11 is 0. The van der Waals surface area contributed by atoms with E-state index < -0.39 is 11.9 Å². The highest BCUT2D eigenvalue weighted by Crippen LogP contribution is 2.33. The Morgan fingerprint density at radius 3 is 2.94 bits per heavy atom. The fourth-order valence-corrected chi connectivity index (χ4v) is 2.11. The highest BCUT2D eigenvalue weighted by molar-refractivity contribution is 5.88. The second-order valence-corrected chi connectivity index (χ2v) is 4.02. The molecule has 2 rings (SSSR count). The number of benzene rings is 1. The van der Waals surface area contributed by atoms with Gasteiger partial charge in [0.2, 0.25) is 0 Å². The Balaban J connectivity index is 2.49. The molecule has 0 radical (unpaired) electrons. The quantitative estimate of drug-likeness (QED) is 0.832. The van der Waals surface area contributed by atoms with Gasteiger partial charge in [0.1, 0.15) is 5.82 Å². The van der Waals surface area contributed by atoms with Gasteiger partial charge in [-0.15, -0.1) is 0 Å². The van der Waals surface area contributed by atoms with Crippen LogP contribution in [0.25, 0.3) is 5.57 Å². The van der Waals surface area contributed by atoms with E-state index >= 15 is 0 Å². The van der Waals surface area contributed by atoms with Gasteiger partial charge in [-0.3, -0.25) is 4.79 Å². The molecular formula is C13H13FO2. The van der Waals surface area contributed by atoms with Crippen LogP contribution in [0.3, 0.4) is 0 Å². The Kier molecular flexibility index (Phi) is 2.77. The van der Waals surface area contributed by atoms with Crippen molar-refractivity contribution in [1.82, 2.24) is 0 Å². The van der Waals surface area contributed by atoms with Crippen LogP contribution in [0.5, 0.6) is 0 Å². The molecule has 1 aliphatic carbocycles. The first kappa shape index (κ1) is 10.9. The predicted molar refractivity (Wildman–Crippen MR) is 59.5 cm³/mol. The molecule has 0 amide bonds. The Labute approximate surface area is 93.4 Å². The van der Waals surface area contributed by atoms with Crippen molar-refractivity contribution in [1.29, 1.82) is 0 Å². The third kappa shape index (κ3) is 1.73. The summed E-state index contributed by atoms with van der Waals surface area (Å²) in [5.74, 6) is -1.69. The maximum atomic E-state index is 13.5. The minimum absolute atomic E-state index is 0.235. The molecule has 3 heteroatoms. The van der Waals surface area contributed by atoms with E-state index in [1.54, 1.807) is 19.1 Å². The van der Waals surface area contributed by atoms with Crippen LogP contribution in [0, 0.1) is 11.7 Å². The third-order valence-corrected chi connectivity index (χ3v) is 3.03. The van der Waals surface area contributed by atoms with Gasteiger partial charge < -0.3 is 5.11 Å². The van der Waals surface area contributed by atoms with Crippen LogP contribution in [0.4, 0.5) is 4.39 Å². The minimum atomic E-state index is -0.872. The SMILES string of the molecule is CC(C(=O)O)C1=CCCc2c(F)cccc21. The summed E-state index contributed by atoms with van der Waals surface area (Å²) in [6.45, 7) is 1.63. The fraction of sp³-hybridized carbons (Fsp3) is 0.308. The number of carboxylic acid groups (broad SMARTS) is 1.